The van der Waals surface area contributed by atoms with Crippen molar-refractivity contribution in [2.45, 2.75) is 76.5 Å². The lowest BCUT2D eigenvalue weighted by molar-refractivity contribution is -0.156. The van der Waals surface area contributed by atoms with Crippen LogP contribution >= 0.6 is 11.3 Å². The van der Waals surface area contributed by atoms with Gasteiger partial charge in [0.25, 0.3) is 0 Å². The van der Waals surface area contributed by atoms with Gasteiger partial charge in [0.2, 0.25) is 5.95 Å². The first-order chi connectivity index (χ1) is 21.3. The molecule has 3 fully saturated rings. The Morgan fingerprint density at radius 3 is 2.51 bits per heavy atom. The zero-order valence-electron chi connectivity index (χ0n) is 25.3. The summed E-state index contributed by atoms with van der Waals surface area (Å²) in [4.78, 5) is 19.1. The molecule has 0 bridgehead atoms. The van der Waals surface area contributed by atoms with Gasteiger partial charge in [-0.1, -0.05) is 6.07 Å². The maximum Gasteiger partial charge on any atom is 0.225 e. The largest absolute Gasteiger partial charge is 0.364 e. The minimum atomic E-state index is -3.28. The smallest absolute Gasteiger partial charge is 0.225 e. The van der Waals surface area contributed by atoms with Crippen LogP contribution in [0.15, 0.2) is 30.5 Å². The summed E-state index contributed by atoms with van der Waals surface area (Å²) in [5.74, 6) is -1.49. The SMILES string of the molecule is Cc1nc(NCc2c(F)cccc2F)nc(N[C@@H]2C[C@H](CS(C)(=O)=O)[C@H]3OC(C)(C)O[C@H]32)c1-c1nc2c(C3CC3)nccc2s1. The fraction of sp³-hybridized carbons (Fsp3) is 0.484. The second kappa shape index (κ2) is 11.2. The predicted octanol–water partition coefficient (Wildman–Crippen LogP) is 5.59. The van der Waals surface area contributed by atoms with Crippen molar-refractivity contribution < 1.29 is 26.7 Å². The van der Waals surface area contributed by atoms with Crippen molar-refractivity contribution in [1.29, 1.82) is 0 Å². The van der Waals surface area contributed by atoms with E-state index in [0.29, 0.717) is 34.4 Å². The summed E-state index contributed by atoms with van der Waals surface area (Å²) in [5, 5.41) is 7.23. The molecular weight excluding hydrogens is 623 g/mol. The summed E-state index contributed by atoms with van der Waals surface area (Å²) in [6.07, 6.45) is 4.84. The predicted molar refractivity (Wildman–Crippen MR) is 168 cm³/mol. The molecule has 1 aliphatic heterocycles. The molecule has 3 aromatic heterocycles. The van der Waals surface area contributed by atoms with Gasteiger partial charge in [0.1, 0.15) is 43.9 Å². The third-order valence-electron chi connectivity index (χ3n) is 8.51. The van der Waals surface area contributed by atoms with Crippen LogP contribution < -0.4 is 10.6 Å². The zero-order valence-corrected chi connectivity index (χ0v) is 26.9. The normalized spacial score (nSPS) is 24.2. The average molecular weight is 657 g/mol. The Hall–Kier alpha value is -3.33. The lowest BCUT2D eigenvalue weighted by Crippen LogP contribution is -2.35. The van der Waals surface area contributed by atoms with Gasteiger partial charge in [-0.2, -0.15) is 4.98 Å². The number of aromatic nitrogens is 4. The Bertz CT molecular complexity index is 1880. The van der Waals surface area contributed by atoms with Crippen molar-refractivity contribution in [3.8, 4) is 10.6 Å². The molecule has 4 aromatic rings. The summed E-state index contributed by atoms with van der Waals surface area (Å²) in [6.45, 7) is 5.31. The number of ether oxygens (including phenoxy) is 2. The van der Waals surface area contributed by atoms with Crippen LogP contribution in [0.25, 0.3) is 20.8 Å². The summed E-state index contributed by atoms with van der Waals surface area (Å²) < 4.78 is 66.9. The molecule has 2 aliphatic carbocycles. The summed E-state index contributed by atoms with van der Waals surface area (Å²) in [7, 11) is -3.28. The van der Waals surface area contributed by atoms with E-state index in [2.05, 4.69) is 20.6 Å². The van der Waals surface area contributed by atoms with Crippen LogP contribution in [0.3, 0.4) is 0 Å². The molecular formula is C31H34F2N6O4S2. The summed E-state index contributed by atoms with van der Waals surface area (Å²) in [5.41, 5.74) is 3.03. The lowest BCUT2D eigenvalue weighted by atomic mass is 10.1. The molecule has 4 heterocycles. The maximum atomic E-state index is 14.4. The molecule has 10 nitrogen and oxygen atoms in total. The third-order valence-corrected chi connectivity index (χ3v) is 10.6. The lowest BCUT2D eigenvalue weighted by Gasteiger charge is -2.25. The standard InChI is InChI=1S/C31H34F2N6O4S2/c1-15-23(29-38-25-22(44-29)10-11-34-24(25)16-8-9-16)28(39-30(36-15)35-13-18-19(32)6-5-7-20(18)33)37-21-12-17(14-45(4,40)41)26-27(21)43-31(2,3)42-26/h5-7,10-11,16-17,21,26-27H,8-9,12-14H2,1-4H3,(H2,35,36,37,39)/t17-,21-,26-,27+/m1/s1. The highest BCUT2D eigenvalue weighted by atomic mass is 32.2. The van der Waals surface area contributed by atoms with Crippen LogP contribution in [0.5, 0.6) is 0 Å². The monoisotopic (exact) mass is 656 g/mol. The van der Waals surface area contributed by atoms with Crippen LogP contribution in [0.1, 0.15) is 56.0 Å². The minimum absolute atomic E-state index is 0.0305. The third kappa shape index (κ3) is 6.12. The molecule has 238 valence electrons. The highest BCUT2D eigenvalue weighted by Crippen LogP contribution is 2.46. The first-order valence-corrected chi connectivity index (χ1v) is 17.8. The van der Waals surface area contributed by atoms with Crippen molar-refractivity contribution in [2.75, 3.05) is 22.6 Å². The van der Waals surface area contributed by atoms with Crippen molar-refractivity contribution in [3.05, 3.63) is 59.0 Å². The Labute approximate surface area is 263 Å². The van der Waals surface area contributed by atoms with E-state index in [1.165, 1.54) is 35.8 Å². The molecule has 1 saturated heterocycles. The molecule has 2 N–H and O–H groups in total. The van der Waals surface area contributed by atoms with Gasteiger partial charge in [0.05, 0.1) is 39.5 Å². The number of aryl methyl sites for hydroxylation is 1. The number of halogens is 2. The highest BCUT2D eigenvalue weighted by Gasteiger charge is 2.54. The number of hydrogen-bond donors (Lipinski definition) is 2. The average Bonchev–Trinajstić information content (AvgIpc) is 3.53. The second-order valence-electron chi connectivity index (χ2n) is 12.7. The molecule has 14 heteroatoms. The van der Waals surface area contributed by atoms with Crippen molar-refractivity contribution in [2.24, 2.45) is 5.92 Å². The van der Waals surface area contributed by atoms with E-state index in [-0.39, 0.29) is 35.8 Å². The van der Waals surface area contributed by atoms with E-state index in [4.69, 9.17) is 19.4 Å². The van der Waals surface area contributed by atoms with Gasteiger partial charge >= 0.3 is 0 Å². The van der Waals surface area contributed by atoms with E-state index in [1.807, 2.05) is 33.0 Å². The van der Waals surface area contributed by atoms with Crippen LogP contribution in [0.2, 0.25) is 0 Å². The minimum Gasteiger partial charge on any atom is -0.364 e. The maximum absolute atomic E-state index is 14.4. The number of pyridine rings is 1. The number of anilines is 2. The van der Waals surface area contributed by atoms with Gasteiger partial charge in [-0.25, -0.2) is 27.2 Å². The molecule has 0 amide bonds. The Morgan fingerprint density at radius 1 is 1.07 bits per heavy atom. The Balaban J connectivity index is 1.28. The molecule has 45 heavy (non-hydrogen) atoms. The van der Waals surface area contributed by atoms with Crippen LogP contribution in [0.4, 0.5) is 20.5 Å². The number of hydrogen-bond acceptors (Lipinski definition) is 11. The van der Waals surface area contributed by atoms with Crippen LogP contribution in [0, 0.1) is 24.5 Å². The Kier molecular flexibility index (Phi) is 7.53. The summed E-state index contributed by atoms with van der Waals surface area (Å²) in [6, 6.07) is 5.33. The van der Waals surface area contributed by atoms with Crippen LogP contribution in [-0.2, 0) is 25.9 Å². The van der Waals surface area contributed by atoms with Gasteiger partial charge in [-0.15, -0.1) is 11.3 Å². The van der Waals surface area contributed by atoms with Gasteiger partial charge in [-0.3, -0.25) is 4.98 Å². The van der Waals surface area contributed by atoms with Gasteiger partial charge in [-0.05, 0) is 58.2 Å². The van der Waals surface area contributed by atoms with Crippen molar-refractivity contribution >= 4 is 43.2 Å². The Morgan fingerprint density at radius 2 is 1.80 bits per heavy atom. The van der Waals surface area contributed by atoms with Crippen molar-refractivity contribution in [1.82, 2.24) is 19.9 Å². The molecule has 7 rings (SSSR count). The quantitative estimate of drug-likeness (QED) is 0.235. The number of nitrogens with one attached hydrogen (secondary N) is 2. The molecule has 2 saturated carbocycles. The van der Waals surface area contributed by atoms with Gasteiger partial charge in [0.15, 0.2) is 5.79 Å². The van der Waals surface area contributed by atoms with Gasteiger partial charge < -0.3 is 20.1 Å². The fourth-order valence-corrected chi connectivity index (χ4v) is 8.65. The molecule has 3 aliphatic rings. The van der Waals surface area contributed by atoms with E-state index in [0.717, 1.165) is 28.8 Å². The molecule has 4 atom stereocenters. The molecule has 1 aromatic carbocycles. The topological polar surface area (TPSA) is 128 Å². The number of thiazole rings is 1. The second-order valence-corrected chi connectivity index (χ2v) is 15.9. The molecule has 0 radical (unpaired) electrons. The van der Waals surface area contributed by atoms with E-state index < -0.39 is 39.5 Å². The fourth-order valence-electron chi connectivity index (χ4n) is 6.47. The molecule has 0 unspecified atom stereocenters. The molecule has 0 spiro atoms. The number of benzene rings is 1. The van der Waals surface area contributed by atoms with E-state index in [9.17, 15) is 17.2 Å². The van der Waals surface area contributed by atoms with Crippen molar-refractivity contribution in [3.63, 3.8) is 0 Å². The van der Waals surface area contributed by atoms with Gasteiger partial charge in [0, 0.05) is 36.4 Å². The zero-order chi connectivity index (χ0) is 31.7. The number of rotatable bonds is 9. The van der Waals surface area contributed by atoms with Crippen LogP contribution in [-0.4, -0.2) is 64.4 Å². The number of nitrogens with zero attached hydrogens (tertiary/aromatic N) is 4. The first-order valence-electron chi connectivity index (χ1n) is 15.0. The number of fused-ring (bicyclic) bond motifs is 2. The first kappa shape index (κ1) is 30.3. The number of sulfone groups is 1. The van der Waals surface area contributed by atoms with E-state index >= 15 is 0 Å². The summed E-state index contributed by atoms with van der Waals surface area (Å²) >= 11 is 1.52. The van der Waals surface area contributed by atoms with E-state index in [1.54, 1.807) is 0 Å². The highest BCUT2D eigenvalue weighted by molar-refractivity contribution is 7.90.